The van der Waals surface area contributed by atoms with Crippen LogP contribution in [0.15, 0.2) is 132 Å². The lowest BCUT2D eigenvalue weighted by Crippen LogP contribution is -2.23. The number of halogens is 6. The second-order valence-corrected chi connectivity index (χ2v) is 18.7. The van der Waals surface area contributed by atoms with Crippen molar-refractivity contribution in [2.24, 2.45) is 0 Å². The lowest BCUT2D eigenvalue weighted by atomic mass is 10.0. The molecule has 0 bridgehead atoms. The lowest BCUT2D eigenvalue weighted by Gasteiger charge is -2.18. The van der Waals surface area contributed by atoms with E-state index in [0.29, 0.717) is 0 Å². The number of fused-ring (bicyclic) bond motifs is 4. The fraction of sp³-hybridized carbons (Fsp3) is 0.103. The maximum absolute atomic E-state index is 14.9. The van der Waals surface area contributed by atoms with Crippen molar-refractivity contribution in [3.8, 4) is 68.4 Å². The monoisotopic (exact) mass is 1140 g/mol. The molecule has 0 fully saturated rings. The van der Waals surface area contributed by atoms with Crippen LogP contribution in [0.1, 0.15) is 48.4 Å². The largest absolute Gasteiger partial charge is 0.492 e. The predicted octanol–water partition coefficient (Wildman–Crippen LogP) is 9.31. The van der Waals surface area contributed by atoms with Gasteiger partial charge in [-0.3, -0.25) is 18.4 Å². The molecule has 0 aliphatic heterocycles. The zero-order chi connectivity index (χ0) is 59.4. The number of hydrogen-bond donors (Lipinski definition) is 2. The second kappa shape index (κ2) is 21.5. The van der Waals surface area contributed by atoms with Crippen LogP contribution in [0.2, 0.25) is 0 Å². The third kappa shape index (κ3) is 9.37. The average Bonchev–Trinajstić information content (AvgIpc) is 1.71. The number of methoxy groups -OCH3 is 2. The molecule has 8 heterocycles. The van der Waals surface area contributed by atoms with Crippen LogP contribution in [-0.4, -0.2) is 72.5 Å². The number of aromatic nitrogens is 12. The molecule has 12 aromatic rings. The average molecular weight is 1140 g/mol. The Kier molecular flexibility index (Phi) is 13.9. The SMILES string of the molecule is COc1c(F)cc(-c2nn([C@@H](C)c3nc4ccc(F)cn4c(=O)c3-c3cccc(F)c3)c3ncnc(N)c23)cc1C#N.COc1c(F)cc(-c2nn([C@H](C)c3nc4ccc(F)cn4c(=O)c3-c3cccc(F)c3)c3ncnc(N)c23)cc1C#N. The molecule has 12 rings (SSSR count). The van der Waals surface area contributed by atoms with Crippen LogP contribution in [0, 0.1) is 57.6 Å². The Morgan fingerprint density at radius 2 is 0.929 bits per heavy atom. The highest BCUT2D eigenvalue weighted by Crippen LogP contribution is 2.40. The molecule has 0 saturated heterocycles. The van der Waals surface area contributed by atoms with Gasteiger partial charge in [0.1, 0.15) is 82.4 Å². The molecule has 8 aromatic heterocycles. The Bertz CT molecular complexity index is 4610. The van der Waals surface area contributed by atoms with Crippen molar-refractivity contribution in [1.82, 2.24) is 58.3 Å². The fourth-order valence-corrected chi connectivity index (χ4v) is 9.90. The molecular weight excluding hydrogens is 1100 g/mol. The molecule has 0 aliphatic carbocycles. The number of nitriles is 2. The first-order valence-electron chi connectivity index (χ1n) is 24.9. The molecule has 0 unspecified atom stereocenters. The summed E-state index contributed by atoms with van der Waals surface area (Å²) in [4.78, 5) is 53.6. The van der Waals surface area contributed by atoms with Gasteiger partial charge in [-0.15, -0.1) is 0 Å². The summed E-state index contributed by atoms with van der Waals surface area (Å²) in [6.45, 7) is 3.38. The summed E-state index contributed by atoms with van der Waals surface area (Å²) in [6, 6.07) is 23.0. The van der Waals surface area contributed by atoms with Crippen molar-refractivity contribution in [2.45, 2.75) is 25.9 Å². The quantitative estimate of drug-likeness (QED) is 0.121. The zero-order valence-corrected chi connectivity index (χ0v) is 44.0. The van der Waals surface area contributed by atoms with E-state index in [4.69, 9.17) is 20.9 Å². The molecule has 0 radical (unpaired) electrons. The van der Waals surface area contributed by atoms with E-state index in [2.05, 4.69) is 40.1 Å². The number of nitrogen functional groups attached to an aromatic ring is 2. The highest BCUT2D eigenvalue weighted by Gasteiger charge is 2.30. The van der Waals surface area contributed by atoms with Crippen LogP contribution in [0.3, 0.4) is 0 Å². The van der Waals surface area contributed by atoms with Gasteiger partial charge in [-0.1, -0.05) is 24.3 Å². The number of hydrogen-bond acceptors (Lipinski definition) is 16. The van der Waals surface area contributed by atoms with Gasteiger partial charge in [0.15, 0.2) is 34.4 Å². The van der Waals surface area contributed by atoms with Gasteiger partial charge in [0.2, 0.25) is 0 Å². The highest BCUT2D eigenvalue weighted by atomic mass is 19.1. The van der Waals surface area contributed by atoms with Gasteiger partial charge < -0.3 is 20.9 Å². The second-order valence-electron chi connectivity index (χ2n) is 18.7. The van der Waals surface area contributed by atoms with E-state index in [1.807, 2.05) is 12.1 Å². The molecule has 0 saturated carbocycles. The van der Waals surface area contributed by atoms with Gasteiger partial charge >= 0.3 is 0 Å². The van der Waals surface area contributed by atoms with Gasteiger partial charge in [-0.25, -0.2) is 65.6 Å². The molecule has 416 valence electrons. The molecular formula is C58H38F6N16O4. The molecule has 0 spiro atoms. The van der Waals surface area contributed by atoms with E-state index in [9.17, 15) is 46.5 Å². The van der Waals surface area contributed by atoms with Crippen LogP contribution in [0.25, 0.3) is 78.1 Å². The summed E-state index contributed by atoms with van der Waals surface area (Å²) in [7, 11) is 2.50. The van der Waals surface area contributed by atoms with E-state index in [1.54, 1.807) is 26.0 Å². The molecule has 4 aromatic carbocycles. The van der Waals surface area contributed by atoms with Crippen molar-refractivity contribution < 1.29 is 35.8 Å². The lowest BCUT2D eigenvalue weighted by molar-refractivity contribution is 0.385. The van der Waals surface area contributed by atoms with E-state index in [-0.39, 0.29) is 124 Å². The van der Waals surface area contributed by atoms with Crippen LogP contribution >= 0.6 is 0 Å². The normalized spacial score (nSPS) is 12.0. The van der Waals surface area contributed by atoms with Crippen molar-refractivity contribution in [1.29, 1.82) is 10.5 Å². The van der Waals surface area contributed by atoms with Crippen molar-refractivity contribution in [2.75, 3.05) is 25.7 Å². The topological polar surface area (TPSA) is 274 Å². The number of anilines is 2. The third-order valence-corrected chi connectivity index (χ3v) is 13.7. The van der Waals surface area contributed by atoms with Crippen molar-refractivity contribution in [3.05, 3.63) is 200 Å². The number of nitrogens with two attached hydrogens (primary N) is 2. The first kappa shape index (κ1) is 54.4. The smallest absolute Gasteiger partial charge is 0.266 e. The number of nitrogens with zero attached hydrogens (tertiary/aromatic N) is 14. The number of benzene rings is 4. The zero-order valence-electron chi connectivity index (χ0n) is 44.0. The summed E-state index contributed by atoms with van der Waals surface area (Å²) in [5.41, 5.74) is 13.4. The summed E-state index contributed by atoms with van der Waals surface area (Å²) in [6.07, 6.45) is 4.45. The first-order chi connectivity index (χ1) is 40.4. The molecule has 0 aliphatic rings. The Balaban J connectivity index is 0.000000175. The van der Waals surface area contributed by atoms with E-state index in [1.165, 1.54) is 109 Å². The van der Waals surface area contributed by atoms with Crippen LogP contribution in [0.4, 0.5) is 38.0 Å². The third-order valence-electron chi connectivity index (χ3n) is 13.7. The van der Waals surface area contributed by atoms with E-state index < -0.39 is 58.1 Å². The first-order valence-corrected chi connectivity index (χ1v) is 24.9. The minimum absolute atomic E-state index is 0.0135. The molecule has 0 amide bonds. The standard InChI is InChI=1S/2C29H19F3N8O2/c2*1-14(24-22(15-4-3-5-18(30)9-15)29(41)39-12-19(31)6-7-21(39)37-24)40-28-23(27(34)35-13-36-28)25(38-40)16-8-17(11-33)26(42-2)20(32)10-16/h2*3-10,12-14H,1-2H3,(H2,34,35,36)/t2*14-/m10/s1. The van der Waals surface area contributed by atoms with Gasteiger partial charge in [-0.2, -0.15) is 20.7 Å². The Labute approximate surface area is 468 Å². The summed E-state index contributed by atoms with van der Waals surface area (Å²) >= 11 is 0. The van der Waals surface area contributed by atoms with Crippen molar-refractivity contribution in [3.63, 3.8) is 0 Å². The van der Waals surface area contributed by atoms with Gasteiger partial charge in [0.25, 0.3) is 11.1 Å². The van der Waals surface area contributed by atoms with Crippen molar-refractivity contribution >= 4 is 45.0 Å². The minimum atomic E-state index is -0.838. The van der Waals surface area contributed by atoms with Gasteiger partial charge in [0, 0.05) is 23.5 Å². The van der Waals surface area contributed by atoms with E-state index >= 15 is 0 Å². The minimum Gasteiger partial charge on any atom is -0.492 e. The molecule has 4 N–H and O–H groups in total. The molecule has 84 heavy (non-hydrogen) atoms. The van der Waals surface area contributed by atoms with Crippen LogP contribution in [-0.2, 0) is 0 Å². The molecule has 26 heteroatoms. The number of rotatable bonds is 10. The summed E-state index contributed by atoms with van der Waals surface area (Å²) in [5.74, 6) is -4.43. The maximum atomic E-state index is 14.9. The summed E-state index contributed by atoms with van der Waals surface area (Å²) in [5, 5.41) is 29.1. The fourth-order valence-electron chi connectivity index (χ4n) is 9.90. The highest BCUT2D eigenvalue weighted by molar-refractivity contribution is 6.00. The molecule has 2 atom stereocenters. The summed E-state index contributed by atoms with van der Waals surface area (Å²) < 4.78 is 102. The molecule has 20 nitrogen and oxygen atoms in total. The van der Waals surface area contributed by atoms with Gasteiger partial charge in [0.05, 0.1) is 70.7 Å². The Morgan fingerprint density at radius 3 is 1.30 bits per heavy atom. The van der Waals surface area contributed by atoms with Crippen LogP contribution < -0.4 is 32.1 Å². The maximum Gasteiger partial charge on any atom is 0.266 e. The van der Waals surface area contributed by atoms with Crippen LogP contribution in [0.5, 0.6) is 11.5 Å². The van der Waals surface area contributed by atoms with Gasteiger partial charge in [-0.05, 0) is 97.8 Å². The van der Waals surface area contributed by atoms with E-state index in [0.717, 1.165) is 33.3 Å². The Morgan fingerprint density at radius 1 is 0.524 bits per heavy atom. The number of pyridine rings is 2. The predicted molar refractivity (Wildman–Crippen MR) is 294 cm³/mol. The number of ether oxygens (including phenoxy) is 2. The Hall–Kier alpha value is -11.5.